The van der Waals surface area contributed by atoms with Gasteiger partial charge in [-0.25, -0.2) is 0 Å². The molecule has 1 amide bonds. The lowest BCUT2D eigenvalue weighted by Gasteiger charge is -2.34. The van der Waals surface area contributed by atoms with Crippen molar-refractivity contribution in [2.24, 2.45) is 5.92 Å². The van der Waals surface area contributed by atoms with Crippen LogP contribution in [0.3, 0.4) is 0 Å². The predicted molar refractivity (Wildman–Crippen MR) is 75.2 cm³/mol. The molecule has 1 aliphatic heterocycles. The van der Waals surface area contributed by atoms with Crippen LogP contribution in [0.4, 0.5) is 0 Å². The second kappa shape index (κ2) is 5.94. The molecule has 2 nitrogen and oxygen atoms in total. The minimum Gasteiger partial charge on any atom is -0.341 e. The number of rotatable bonds is 2. The number of amides is 1. The van der Waals surface area contributed by atoms with E-state index in [1.54, 1.807) is 0 Å². The van der Waals surface area contributed by atoms with E-state index in [4.69, 9.17) is 23.2 Å². The van der Waals surface area contributed by atoms with E-state index in [1.807, 2.05) is 29.2 Å². The van der Waals surface area contributed by atoms with Crippen molar-refractivity contribution in [2.75, 3.05) is 13.1 Å². The Morgan fingerprint density at radius 3 is 2.83 bits per heavy atom. The topological polar surface area (TPSA) is 20.3 Å². The van der Waals surface area contributed by atoms with E-state index in [0.717, 1.165) is 18.5 Å². The molecular formula is C14H17Cl2NO. The maximum Gasteiger partial charge on any atom is 0.227 e. The highest BCUT2D eigenvalue weighted by atomic mass is 35.5. The smallest absolute Gasteiger partial charge is 0.227 e. The van der Waals surface area contributed by atoms with E-state index in [9.17, 15) is 4.79 Å². The van der Waals surface area contributed by atoms with Gasteiger partial charge in [0.05, 0.1) is 11.8 Å². The molecule has 1 aromatic rings. The summed E-state index contributed by atoms with van der Waals surface area (Å²) in [4.78, 5) is 14.0. The summed E-state index contributed by atoms with van der Waals surface area (Å²) < 4.78 is 0. The Morgan fingerprint density at radius 2 is 2.17 bits per heavy atom. The van der Waals surface area contributed by atoms with Crippen LogP contribution in [-0.2, 0) is 11.2 Å². The minimum absolute atomic E-state index is 0.0638. The van der Waals surface area contributed by atoms with Crippen LogP contribution in [0.1, 0.15) is 18.9 Å². The van der Waals surface area contributed by atoms with Gasteiger partial charge in [-0.3, -0.25) is 4.79 Å². The van der Waals surface area contributed by atoms with Crippen LogP contribution in [-0.4, -0.2) is 29.3 Å². The lowest BCUT2D eigenvalue weighted by atomic mass is 9.98. The molecule has 0 N–H and O–H groups in total. The first-order valence-corrected chi connectivity index (χ1v) is 7.04. The fourth-order valence-electron chi connectivity index (χ4n) is 2.17. The molecule has 4 heteroatoms. The Morgan fingerprint density at radius 1 is 1.44 bits per heavy atom. The first-order valence-electron chi connectivity index (χ1n) is 6.23. The number of nitrogens with zero attached hydrogens (tertiary/aromatic N) is 1. The molecule has 2 unspecified atom stereocenters. The monoisotopic (exact) mass is 285 g/mol. The van der Waals surface area contributed by atoms with Gasteiger partial charge in [0.1, 0.15) is 0 Å². The van der Waals surface area contributed by atoms with Crippen LogP contribution in [0.15, 0.2) is 24.3 Å². The first kappa shape index (κ1) is 13.7. The largest absolute Gasteiger partial charge is 0.341 e. The molecule has 1 heterocycles. The zero-order valence-corrected chi connectivity index (χ0v) is 11.9. The number of likely N-dealkylation sites (tertiary alicyclic amines) is 1. The predicted octanol–water partition coefficient (Wildman–Crippen LogP) is 3.36. The summed E-state index contributed by atoms with van der Waals surface area (Å²) in [5.74, 6) is 0.594. The highest BCUT2D eigenvalue weighted by molar-refractivity contribution is 6.31. The maximum atomic E-state index is 12.2. The SMILES string of the molecule is CC1CCN(C(=O)Cc2ccccc2Cl)CC1Cl. The second-order valence-corrected chi connectivity index (χ2v) is 5.86. The number of hydrogen-bond donors (Lipinski definition) is 0. The summed E-state index contributed by atoms with van der Waals surface area (Å²) in [5.41, 5.74) is 0.883. The van der Waals surface area contributed by atoms with Crippen molar-refractivity contribution < 1.29 is 4.79 Å². The summed E-state index contributed by atoms with van der Waals surface area (Å²) in [6, 6.07) is 7.47. The number of alkyl halides is 1. The Balaban J connectivity index is 1.99. The summed E-state index contributed by atoms with van der Waals surface area (Å²) in [6.45, 7) is 3.58. The summed E-state index contributed by atoms with van der Waals surface area (Å²) in [5, 5.41) is 0.715. The molecule has 0 spiro atoms. The Hall–Kier alpha value is -0.730. The third-order valence-corrected chi connectivity index (χ3v) is 4.46. The Bertz CT molecular complexity index is 436. The number of carbonyl (C=O) groups is 1. The van der Waals surface area contributed by atoms with Gasteiger partial charge < -0.3 is 4.90 Å². The summed E-state index contributed by atoms with van der Waals surface area (Å²) in [7, 11) is 0. The van der Waals surface area contributed by atoms with E-state index in [1.165, 1.54) is 0 Å². The van der Waals surface area contributed by atoms with Crippen molar-refractivity contribution in [2.45, 2.75) is 25.1 Å². The van der Waals surface area contributed by atoms with Crippen LogP contribution >= 0.6 is 23.2 Å². The van der Waals surface area contributed by atoms with E-state index >= 15 is 0 Å². The normalized spacial score (nSPS) is 24.1. The van der Waals surface area contributed by atoms with Gasteiger partial charge in [-0.2, -0.15) is 0 Å². The minimum atomic E-state index is 0.0638. The van der Waals surface area contributed by atoms with Gasteiger partial charge in [0.25, 0.3) is 0 Å². The van der Waals surface area contributed by atoms with E-state index < -0.39 is 0 Å². The summed E-state index contributed by atoms with van der Waals surface area (Å²) >= 11 is 12.3. The van der Waals surface area contributed by atoms with E-state index in [-0.39, 0.29) is 11.3 Å². The van der Waals surface area contributed by atoms with Crippen molar-refractivity contribution in [3.63, 3.8) is 0 Å². The molecule has 0 aromatic heterocycles. The quantitative estimate of drug-likeness (QED) is 0.763. The molecule has 18 heavy (non-hydrogen) atoms. The molecule has 0 bridgehead atoms. The van der Waals surface area contributed by atoms with Gasteiger partial charge in [0, 0.05) is 18.1 Å². The highest BCUT2D eigenvalue weighted by Gasteiger charge is 2.27. The van der Waals surface area contributed by atoms with Gasteiger partial charge in [0.15, 0.2) is 0 Å². The van der Waals surface area contributed by atoms with Gasteiger partial charge in [-0.15, -0.1) is 11.6 Å². The van der Waals surface area contributed by atoms with Crippen molar-refractivity contribution in [1.29, 1.82) is 0 Å². The van der Waals surface area contributed by atoms with Crippen LogP contribution in [0.25, 0.3) is 0 Å². The van der Waals surface area contributed by atoms with Gasteiger partial charge >= 0.3 is 0 Å². The van der Waals surface area contributed by atoms with Crippen molar-refractivity contribution in [3.8, 4) is 0 Å². The zero-order valence-electron chi connectivity index (χ0n) is 10.4. The molecule has 1 aliphatic rings. The molecule has 0 radical (unpaired) electrons. The fraction of sp³-hybridized carbons (Fsp3) is 0.500. The fourth-order valence-corrected chi connectivity index (χ4v) is 2.66. The highest BCUT2D eigenvalue weighted by Crippen LogP contribution is 2.23. The molecule has 1 saturated heterocycles. The lowest BCUT2D eigenvalue weighted by molar-refractivity contribution is -0.131. The Labute approximate surface area is 118 Å². The molecule has 0 aliphatic carbocycles. The summed E-state index contributed by atoms with van der Waals surface area (Å²) in [6.07, 6.45) is 1.33. The molecule has 1 fully saturated rings. The van der Waals surface area contributed by atoms with Gasteiger partial charge in [-0.1, -0.05) is 36.7 Å². The van der Waals surface area contributed by atoms with Crippen molar-refractivity contribution in [1.82, 2.24) is 4.90 Å². The number of benzene rings is 1. The first-order chi connectivity index (χ1) is 8.58. The van der Waals surface area contributed by atoms with Crippen molar-refractivity contribution in [3.05, 3.63) is 34.9 Å². The third kappa shape index (κ3) is 3.18. The van der Waals surface area contributed by atoms with E-state index in [2.05, 4.69) is 6.92 Å². The van der Waals surface area contributed by atoms with Crippen LogP contribution < -0.4 is 0 Å². The van der Waals surface area contributed by atoms with Crippen LogP contribution in [0, 0.1) is 5.92 Å². The maximum absolute atomic E-state index is 12.2. The number of hydrogen-bond acceptors (Lipinski definition) is 1. The van der Waals surface area contributed by atoms with Crippen LogP contribution in [0.2, 0.25) is 5.02 Å². The van der Waals surface area contributed by atoms with Crippen molar-refractivity contribution >= 4 is 29.1 Å². The van der Waals surface area contributed by atoms with Crippen LogP contribution in [0.5, 0.6) is 0 Å². The molecular weight excluding hydrogens is 269 g/mol. The zero-order chi connectivity index (χ0) is 13.1. The molecule has 2 rings (SSSR count). The standard InChI is InChI=1S/C14H17Cl2NO/c1-10-6-7-17(9-13(10)16)14(18)8-11-4-2-3-5-12(11)15/h2-5,10,13H,6-9H2,1H3. The number of carbonyl (C=O) groups excluding carboxylic acids is 1. The second-order valence-electron chi connectivity index (χ2n) is 4.89. The van der Waals surface area contributed by atoms with E-state index in [0.29, 0.717) is 23.9 Å². The molecule has 1 aromatic carbocycles. The van der Waals surface area contributed by atoms with Gasteiger partial charge in [0.2, 0.25) is 5.91 Å². The lowest BCUT2D eigenvalue weighted by Crippen LogP contribution is -2.44. The average Bonchev–Trinajstić information content (AvgIpc) is 2.35. The Kier molecular flexibility index (Phi) is 4.52. The average molecular weight is 286 g/mol. The molecule has 98 valence electrons. The number of piperidine rings is 1. The molecule has 0 saturated carbocycles. The third-order valence-electron chi connectivity index (χ3n) is 3.52. The van der Waals surface area contributed by atoms with Gasteiger partial charge in [-0.05, 0) is 24.0 Å². The number of halogens is 2. The molecule has 2 atom stereocenters.